The Balaban J connectivity index is 1.84. The van der Waals surface area contributed by atoms with Gasteiger partial charge < -0.3 is 10.6 Å². The van der Waals surface area contributed by atoms with E-state index in [4.69, 9.17) is 0 Å². The van der Waals surface area contributed by atoms with E-state index in [1.165, 1.54) is 0 Å². The lowest BCUT2D eigenvalue weighted by Gasteiger charge is -2.24. The molecule has 0 aromatic carbocycles. The zero-order valence-corrected chi connectivity index (χ0v) is 9.91. The fourth-order valence-electron chi connectivity index (χ4n) is 2.69. The van der Waals surface area contributed by atoms with E-state index in [2.05, 4.69) is 22.1 Å². The SMILES string of the molecule is C=CCNC(=O)C(C)N1CC2CNCC2C1. The molecule has 0 saturated carbocycles. The lowest BCUT2D eigenvalue weighted by Crippen LogP contribution is -2.45. The van der Waals surface area contributed by atoms with Crippen molar-refractivity contribution in [2.24, 2.45) is 11.8 Å². The minimum Gasteiger partial charge on any atom is -0.351 e. The average molecular weight is 223 g/mol. The lowest BCUT2D eigenvalue weighted by molar-refractivity contribution is -0.125. The summed E-state index contributed by atoms with van der Waals surface area (Å²) in [6, 6.07) is -0.00875. The van der Waals surface area contributed by atoms with Crippen molar-refractivity contribution in [3.8, 4) is 0 Å². The van der Waals surface area contributed by atoms with E-state index in [1.807, 2.05) is 6.92 Å². The van der Waals surface area contributed by atoms with Crippen molar-refractivity contribution < 1.29 is 4.79 Å². The minimum atomic E-state index is -0.00875. The molecule has 2 rings (SSSR count). The number of carbonyl (C=O) groups excluding carboxylic acids is 1. The van der Waals surface area contributed by atoms with Crippen LogP contribution >= 0.6 is 0 Å². The summed E-state index contributed by atoms with van der Waals surface area (Å²) in [5.74, 6) is 1.61. The number of fused-ring (bicyclic) bond motifs is 1. The standard InChI is InChI=1S/C12H21N3O/c1-3-4-14-12(16)9(2)15-7-10-5-13-6-11(10)8-15/h3,9-11,13H,1,4-8H2,2H3,(H,14,16). The molecule has 3 atom stereocenters. The van der Waals surface area contributed by atoms with Crippen molar-refractivity contribution in [1.29, 1.82) is 0 Å². The first-order valence-electron chi connectivity index (χ1n) is 6.05. The van der Waals surface area contributed by atoms with Gasteiger partial charge >= 0.3 is 0 Å². The van der Waals surface area contributed by atoms with Crippen molar-refractivity contribution in [3.05, 3.63) is 12.7 Å². The number of likely N-dealkylation sites (tertiary alicyclic amines) is 1. The van der Waals surface area contributed by atoms with Gasteiger partial charge in [0.2, 0.25) is 5.91 Å². The number of hydrogen-bond acceptors (Lipinski definition) is 3. The smallest absolute Gasteiger partial charge is 0.237 e. The third kappa shape index (κ3) is 2.28. The average Bonchev–Trinajstić information content (AvgIpc) is 2.84. The second-order valence-corrected chi connectivity index (χ2v) is 4.84. The second-order valence-electron chi connectivity index (χ2n) is 4.84. The Labute approximate surface area is 97.1 Å². The van der Waals surface area contributed by atoms with Gasteiger partial charge in [-0.2, -0.15) is 0 Å². The Hall–Kier alpha value is -0.870. The maximum atomic E-state index is 11.8. The molecule has 0 aromatic rings. The van der Waals surface area contributed by atoms with E-state index in [9.17, 15) is 4.79 Å². The predicted molar refractivity (Wildman–Crippen MR) is 64.1 cm³/mol. The number of rotatable bonds is 4. The molecule has 2 N–H and O–H groups in total. The maximum absolute atomic E-state index is 11.8. The molecule has 90 valence electrons. The molecule has 3 unspecified atom stereocenters. The van der Waals surface area contributed by atoms with Crippen LogP contribution in [0.15, 0.2) is 12.7 Å². The Kier molecular flexibility index (Phi) is 3.61. The van der Waals surface area contributed by atoms with E-state index < -0.39 is 0 Å². The molecule has 2 fully saturated rings. The van der Waals surface area contributed by atoms with E-state index in [1.54, 1.807) is 6.08 Å². The van der Waals surface area contributed by atoms with Crippen LogP contribution in [0.25, 0.3) is 0 Å². The summed E-state index contributed by atoms with van der Waals surface area (Å²) in [4.78, 5) is 14.1. The quantitative estimate of drug-likeness (QED) is 0.650. The molecule has 4 nitrogen and oxygen atoms in total. The van der Waals surface area contributed by atoms with Crippen LogP contribution in [0, 0.1) is 11.8 Å². The van der Waals surface area contributed by atoms with Gasteiger partial charge in [-0.3, -0.25) is 9.69 Å². The molecule has 16 heavy (non-hydrogen) atoms. The van der Waals surface area contributed by atoms with Crippen LogP contribution in [0.5, 0.6) is 0 Å². The zero-order chi connectivity index (χ0) is 11.5. The van der Waals surface area contributed by atoms with Gasteiger partial charge in [0.25, 0.3) is 0 Å². The monoisotopic (exact) mass is 223 g/mol. The molecule has 0 bridgehead atoms. The van der Waals surface area contributed by atoms with Crippen LogP contribution in [0.4, 0.5) is 0 Å². The van der Waals surface area contributed by atoms with Gasteiger partial charge in [0.1, 0.15) is 0 Å². The molecular formula is C12H21N3O. The third-order valence-electron chi connectivity index (χ3n) is 3.77. The number of nitrogens with one attached hydrogen (secondary N) is 2. The normalized spacial score (nSPS) is 31.1. The molecule has 4 heteroatoms. The first kappa shape index (κ1) is 11.6. The Bertz CT molecular complexity index is 267. The van der Waals surface area contributed by atoms with Crippen molar-refractivity contribution >= 4 is 5.91 Å². The van der Waals surface area contributed by atoms with E-state index >= 15 is 0 Å². The van der Waals surface area contributed by atoms with Crippen LogP contribution in [0.2, 0.25) is 0 Å². The van der Waals surface area contributed by atoms with Gasteiger partial charge in [0, 0.05) is 19.6 Å². The summed E-state index contributed by atoms with van der Waals surface area (Å²) >= 11 is 0. The van der Waals surface area contributed by atoms with Crippen LogP contribution < -0.4 is 10.6 Å². The van der Waals surface area contributed by atoms with Gasteiger partial charge in [-0.25, -0.2) is 0 Å². The van der Waals surface area contributed by atoms with Crippen LogP contribution in [0.1, 0.15) is 6.92 Å². The van der Waals surface area contributed by atoms with Crippen LogP contribution in [-0.4, -0.2) is 49.6 Å². The van der Waals surface area contributed by atoms with E-state index in [0.29, 0.717) is 6.54 Å². The molecule has 2 heterocycles. The van der Waals surface area contributed by atoms with Crippen molar-refractivity contribution in [2.45, 2.75) is 13.0 Å². The largest absolute Gasteiger partial charge is 0.351 e. The van der Waals surface area contributed by atoms with Crippen LogP contribution in [0.3, 0.4) is 0 Å². The lowest BCUT2D eigenvalue weighted by atomic mass is 10.0. The molecule has 2 saturated heterocycles. The second kappa shape index (κ2) is 4.97. The summed E-state index contributed by atoms with van der Waals surface area (Å²) < 4.78 is 0. The highest BCUT2D eigenvalue weighted by atomic mass is 16.2. The van der Waals surface area contributed by atoms with Crippen molar-refractivity contribution in [2.75, 3.05) is 32.7 Å². The fourth-order valence-corrected chi connectivity index (χ4v) is 2.69. The highest BCUT2D eigenvalue weighted by Crippen LogP contribution is 2.27. The first-order valence-corrected chi connectivity index (χ1v) is 6.05. The molecule has 0 aromatic heterocycles. The first-order chi connectivity index (χ1) is 7.72. The highest BCUT2D eigenvalue weighted by Gasteiger charge is 2.39. The summed E-state index contributed by atoms with van der Waals surface area (Å²) in [7, 11) is 0. The molecule has 2 aliphatic rings. The van der Waals surface area contributed by atoms with Gasteiger partial charge in [-0.1, -0.05) is 6.08 Å². The highest BCUT2D eigenvalue weighted by molar-refractivity contribution is 5.81. The van der Waals surface area contributed by atoms with Gasteiger partial charge in [-0.05, 0) is 31.8 Å². The predicted octanol–water partition coefficient (Wildman–Crippen LogP) is -0.172. The summed E-state index contributed by atoms with van der Waals surface area (Å²) in [6.07, 6.45) is 1.72. The van der Waals surface area contributed by atoms with E-state index in [0.717, 1.165) is 38.0 Å². The Morgan fingerprint density at radius 1 is 1.56 bits per heavy atom. The van der Waals surface area contributed by atoms with Crippen molar-refractivity contribution in [1.82, 2.24) is 15.5 Å². The molecule has 0 aliphatic carbocycles. The number of nitrogens with zero attached hydrogens (tertiary/aromatic N) is 1. The number of hydrogen-bond donors (Lipinski definition) is 2. The fraction of sp³-hybridized carbons (Fsp3) is 0.750. The minimum absolute atomic E-state index is 0.00875. The third-order valence-corrected chi connectivity index (χ3v) is 3.77. The summed E-state index contributed by atoms with van der Waals surface area (Å²) in [5.41, 5.74) is 0. The van der Waals surface area contributed by atoms with Crippen molar-refractivity contribution in [3.63, 3.8) is 0 Å². The zero-order valence-electron chi connectivity index (χ0n) is 9.91. The maximum Gasteiger partial charge on any atom is 0.237 e. The molecule has 0 radical (unpaired) electrons. The van der Waals surface area contributed by atoms with Gasteiger partial charge in [0.15, 0.2) is 0 Å². The molecule has 0 spiro atoms. The van der Waals surface area contributed by atoms with Gasteiger partial charge in [-0.15, -0.1) is 6.58 Å². The topological polar surface area (TPSA) is 44.4 Å². The molecule has 2 aliphatic heterocycles. The van der Waals surface area contributed by atoms with E-state index in [-0.39, 0.29) is 11.9 Å². The number of amides is 1. The number of carbonyl (C=O) groups is 1. The summed E-state index contributed by atoms with van der Waals surface area (Å²) in [6.45, 7) is 10.5. The summed E-state index contributed by atoms with van der Waals surface area (Å²) in [5, 5.41) is 6.27. The van der Waals surface area contributed by atoms with Crippen LogP contribution in [-0.2, 0) is 4.79 Å². The van der Waals surface area contributed by atoms with Gasteiger partial charge in [0.05, 0.1) is 6.04 Å². The molecule has 1 amide bonds. The molecular weight excluding hydrogens is 202 g/mol. The Morgan fingerprint density at radius 2 is 2.19 bits per heavy atom. The Morgan fingerprint density at radius 3 is 2.75 bits per heavy atom.